The van der Waals surface area contributed by atoms with Crippen LogP contribution in [0.3, 0.4) is 0 Å². The number of nitrogens with one attached hydrogen (secondary N) is 1. The summed E-state index contributed by atoms with van der Waals surface area (Å²) in [6.45, 7) is 4.03. The van der Waals surface area contributed by atoms with Gasteiger partial charge in [0.2, 0.25) is 0 Å². The number of fused-ring (bicyclic) bond motifs is 1. The first kappa shape index (κ1) is 21.0. The normalized spacial score (nSPS) is 17.2. The quantitative estimate of drug-likeness (QED) is 0.672. The highest BCUT2D eigenvalue weighted by molar-refractivity contribution is 5.94. The van der Waals surface area contributed by atoms with Crippen molar-refractivity contribution in [2.45, 2.75) is 38.8 Å². The first-order valence-corrected chi connectivity index (χ1v) is 9.84. The second-order valence-corrected chi connectivity index (χ2v) is 7.72. The van der Waals surface area contributed by atoms with Crippen molar-refractivity contribution in [1.29, 1.82) is 0 Å². The van der Waals surface area contributed by atoms with E-state index in [1.807, 2.05) is 6.92 Å². The molecular weight excluding hydrogens is 411 g/mol. The van der Waals surface area contributed by atoms with Crippen LogP contribution in [0.1, 0.15) is 51.9 Å². The molecule has 1 aliphatic rings. The first-order valence-electron chi connectivity index (χ1n) is 9.84. The van der Waals surface area contributed by atoms with Crippen LogP contribution in [0.2, 0.25) is 0 Å². The molecule has 3 aromatic rings. The van der Waals surface area contributed by atoms with Crippen LogP contribution in [0, 0.1) is 13.8 Å². The van der Waals surface area contributed by atoms with E-state index < -0.39 is 28.6 Å². The summed E-state index contributed by atoms with van der Waals surface area (Å²) >= 11 is 0. The Morgan fingerprint density at radius 3 is 2.68 bits per heavy atom. The van der Waals surface area contributed by atoms with Crippen LogP contribution in [0.5, 0.6) is 0 Å². The number of piperidine rings is 1. The molecule has 1 atom stereocenters. The average molecular weight is 431 g/mol. The Bertz CT molecular complexity index is 1200. The number of carbonyl (C=O) groups excluding carboxylic acids is 1. The number of amides is 1. The molecule has 3 aromatic heterocycles. The number of rotatable bonds is 2. The van der Waals surface area contributed by atoms with Crippen molar-refractivity contribution in [1.82, 2.24) is 24.8 Å². The molecule has 1 fully saturated rings. The van der Waals surface area contributed by atoms with E-state index in [0.29, 0.717) is 24.9 Å². The number of likely N-dealkylation sites (tertiary alicyclic amines) is 1. The second kappa shape index (κ2) is 7.75. The lowest BCUT2D eigenvalue weighted by Gasteiger charge is -2.32. The predicted octanol–water partition coefficient (Wildman–Crippen LogP) is 3.37. The van der Waals surface area contributed by atoms with Crippen LogP contribution in [0.25, 0.3) is 11.0 Å². The molecule has 0 radical (unpaired) electrons. The van der Waals surface area contributed by atoms with Gasteiger partial charge in [0.05, 0.1) is 16.5 Å². The van der Waals surface area contributed by atoms with Gasteiger partial charge in [0.25, 0.3) is 11.5 Å². The van der Waals surface area contributed by atoms with Gasteiger partial charge in [-0.15, -0.1) is 0 Å². The van der Waals surface area contributed by atoms with Crippen molar-refractivity contribution in [3.05, 3.63) is 63.1 Å². The van der Waals surface area contributed by atoms with Crippen molar-refractivity contribution in [2.24, 2.45) is 0 Å². The Hall–Kier alpha value is -3.30. The van der Waals surface area contributed by atoms with Crippen LogP contribution in [-0.2, 0) is 6.18 Å². The molecular formula is C21H20F3N5O2. The maximum atomic E-state index is 13.7. The minimum absolute atomic E-state index is 0.178. The maximum absolute atomic E-state index is 13.7. The zero-order valence-electron chi connectivity index (χ0n) is 17.0. The smallest absolute Gasteiger partial charge is 0.338 e. The minimum atomic E-state index is -4.74. The van der Waals surface area contributed by atoms with E-state index in [9.17, 15) is 22.8 Å². The lowest BCUT2D eigenvalue weighted by atomic mass is 9.92. The van der Waals surface area contributed by atoms with Crippen LogP contribution >= 0.6 is 0 Å². The summed E-state index contributed by atoms with van der Waals surface area (Å²) in [4.78, 5) is 41.4. The van der Waals surface area contributed by atoms with E-state index in [4.69, 9.17) is 0 Å². The summed E-state index contributed by atoms with van der Waals surface area (Å²) in [5.41, 5.74) is -0.786. The Morgan fingerprint density at radius 2 is 2.00 bits per heavy atom. The number of aryl methyl sites for hydroxylation is 2. The fourth-order valence-corrected chi connectivity index (χ4v) is 3.88. The van der Waals surface area contributed by atoms with Crippen LogP contribution < -0.4 is 5.56 Å². The molecule has 7 nitrogen and oxygen atoms in total. The summed E-state index contributed by atoms with van der Waals surface area (Å²) in [5.74, 6) is -0.440. The number of pyridine rings is 2. The summed E-state index contributed by atoms with van der Waals surface area (Å²) in [7, 11) is 0. The predicted molar refractivity (Wildman–Crippen MR) is 107 cm³/mol. The van der Waals surface area contributed by atoms with Crippen LogP contribution in [0.15, 0.2) is 29.2 Å². The van der Waals surface area contributed by atoms with Gasteiger partial charge in [-0.1, -0.05) is 0 Å². The van der Waals surface area contributed by atoms with Gasteiger partial charge in [-0.3, -0.25) is 14.6 Å². The molecule has 0 aromatic carbocycles. The molecule has 0 aliphatic carbocycles. The molecule has 1 amide bonds. The van der Waals surface area contributed by atoms with Gasteiger partial charge in [0.15, 0.2) is 5.65 Å². The maximum Gasteiger partial charge on any atom is 0.417 e. The highest BCUT2D eigenvalue weighted by Gasteiger charge is 2.36. The van der Waals surface area contributed by atoms with Gasteiger partial charge in [0, 0.05) is 36.6 Å². The molecule has 1 N–H and O–H groups in total. The number of H-pyrrole nitrogens is 1. The number of aromatic amines is 1. The van der Waals surface area contributed by atoms with E-state index in [1.165, 1.54) is 13.1 Å². The molecule has 0 saturated carbocycles. The zero-order valence-corrected chi connectivity index (χ0v) is 17.0. The van der Waals surface area contributed by atoms with Crippen molar-refractivity contribution in [3.8, 4) is 0 Å². The van der Waals surface area contributed by atoms with Gasteiger partial charge in [-0.2, -0.15) is 13.2 Å². The third kappa shape index (κ3) is 4.14. The molecule has 1 aliphatic heterocycles. The van der Waals surface area contributed by atoms with Crippen LogP contribution in [0.4, 0.5) is 13.2 Å². The molecule has 0 spiro atoms. The molecule has 4 heterocycles. The Labute approximate surface area is 175 Å². The van der Waals surface area contributed by atoms with Gasteiger partial charge >= 0.3 is 6.18 Å². The molecule has 0 bridgehead atoms. The number of carbonyl (C=O) groups is 1. The topological polar surface area (TPSA) is 91.8 Å². The van der Waals surface area contributed by atoms with E-state index in [0.717, 1.165) is 11.8 Å². The summed E-state index contributed by atoms with van der Waals surface area (Å²) in [6, 6.07) is 4.34. The number of hydrogen-bond acceptors (Lipinski definition) is 5. The standard InChI is InChI=1S/C21H20F3N5O2/c1-11-5-6-13(9-25-11)20(31)29-7-3-4-14(10-29)16-8-15(21(22,23)24)17-18(28-16)26-12(2)27-19(17)30/h5-6,8-9,14H,3-4,7,10H2,1-2H3,(H,26,27,28,30). The Balaban J connectivity index is 1.72. The minimum Gasteiger partial charge on any atom is -0.338 e. The highest BCUT2D eigenvalue weighted by atomic mass is 19.4. The summed E-state index contributed by atoms with van der Waals surface area (Å²) < 4.78 is 41.2. The summed E-state index contributed by atoms with van der Waals surface area (Å²) in [6.07, 6.45) is -2.04. The fraction of sp³-hybridized carbons (Fsp3) is 0.381. The van der Waals surface area contributed by atoms with Gasteiger partial charge in [-0.25, -0.2) is 9.97 Å². The molecule has 31 heavy (non-hydrogen) atoms. The zero-order chi connectivity index (χ0) is 22.3. The van der Waals surface area contributed by atoms with Crippen molar-refractivity contribution >= 4 is 16.9 Å². The number of aromatic nitrogens is 4. The Kier molecular flexibility index (Phi) is 5.24. The molecule has 1 saturated heterocycles. The monoisotopic (exact) mass is 431 g/mol. The van der Waals surface area contributed by atoms with Crippen molar-refractivity contribution in [2.75, 3.05) is 13.1 Å². The molecule has 1 unspecified atom stereocenters. The number of halogens is 3. The van der Waals surface area contributed by atoms with E-state index in [1.54, 1.807) is 17.0 Å². The number of nitrogens with zero attached hydrogens (tertiary/aromatic N) is 4. The van der Waals surface area contributed by atoms with Crippen molar-refractivity contribution < 1.29 is 18.0 Å². The summed E-state index contributed by atoms with van der Waals surface area (Å²) in [5, 5.41) is -0.573. The van der Waals surface area contributed by atoms with Crippen LogP contribution in [-0.4, -0.2) is 43.8 Å². The second-order valence-electron chi connectivity index (χ2n) is 7.72. The average Bonchev–Trinajstić information content (AvgIpc) is 2.72. The molecule has 10 heteroatoms. The third-order valence-corrected chi connectivity index (χ3v) is 5.41. The SMILES string of the molecule is Cc1ccc(C(=O)N2CCCC(c3cc(C(F)(F)F)c4c(=O)[nH]c(C)nc4n3)C2)cn1. The van der Waals surface area contributed by atoms with Gasteiger partial charge in [-0.05, 0) is 44.9 Å². The highest BCUT2D eigenvalue weighted by Crippen LogP contribution is 2.36. The third-order valence-electron chi connectivity index (χ3n) is 5.41. The van der Waals surface area contributed by atoms with E-state index in [-0.39, 0.29) is 29.6 Å². The Morgan fingerprint density at radius 1 is 1.23 bits per heavy atom. The van der Waals surface area contributed by atoms with Gasteiger partial charge < -0.3 is 9.88 Å². The van der Waals surface area contributed by atoms with E-state index in [2.05, 4.69) is 19.9 Å². The van der Waals surface area contributed by atoms with Crippen molar-refractivity contribution in [3.63, 3.8) is 0 Å². The molecule has 4 rings (SSSR count). The first-order chi connectivity index (χ1) is 14.6. The van der Waals surface area contributed by atoms with Gasteiger partial charge in [0.1, 0.15) is 5.82 Å². The molecule has 162 valence electrons. The fourth-order valence-electron chi connectivity index (χ4n) is 3.88. The lowest BCUT2D eigenvalue weighted by molar-refractivity contribution is -0.136. The largest absolute Gasteiger partial charge is 0.417 e. The van der Waals surface area contributed by atoms with E-state index >= 15 is 0 Å². The lowest BCUT2D eigenvalue weighted by Crippen LogP contribution is -2.39. The number of alkyl halides is 3. The number of hydrogen-bond donors (Lipinski definition) is 1.